The van der Waals surface area contributed by atoms with E-state index < -0.39 is 23.8 Å². The summed E-state index contributed by atoms with van der Waals surface area (Å²) in [5.74, 6) is -1.06. The monoisotopic (exact) mass is 381 g/mol. The normalized spacial score (nSPS) is 19.7. The smallest absolute Gasteiger partial charge is 0.295 e. The van der Waals surface area contributed by atoms with Gasteiger partial charge in [-0.1, -0.05) is 42.5 Å². The van der Waals surface area contributed by atoms with Crippen LogP contribution in [0.5, 0.6) is 5.75 Å². The third kappa shape index (κ3) is 3.77. The zero-order chi connectivity index (χ0) is 20.3. The summed E-state index contributed by atoms with van der Waals surface area (Å²) in [6, 6.07) is 14.9. The molecule has 1 amide bonds. The summed E-state index contributed by atoms with van der Waals surface area (Å²) < 4.78 is 5.45. The van der Waals surface area contributed by atoms with Gasteiger partial charge in [0.15, 0.2) is 0 Å². The van der Waals surface area contributed by atoms with Crippen LogP contribution in [0.4, 0.5) is 0 Å². The van der Waals surface area contributed by atoms with Crippen molar-refractivity contribution in [2.75, 3.05) is 13.2 Å². The van der Waals surface area contributed by atoms with Gasteiger partial charge in [0.1, 0.15) is 11.5 Å². The lowest BCUT2D eigenvalue weighted by molar-refractivity contribution is -0.140. The molecule has 0 radical (unpaired) electrons. The summed E-state index contributed by atoms with van der Waals surface area (Å²) in [5.41, 5.74) is 1.12. The van der Waals surface area contributed by atoms with E-state index in [2.05, 4.69) is 0 Å². The summed E-state index contributed by atoms with van der Waals surface area (Å²) >= 11 is 0. The lowest BCUT2D eigenvalue weighted by Gasteiger charge is -2.26. The Hall–Kier alpha value is -3.12. The lowest BCUT2D eigenvalue weighted by Crippen LogP contribution is -2.35. The van der Waals surface area contributed by atoms with E-state index in [4.69, 9.17) is 4.74 Å². The molecule has 2 atom stereocenters. The Bertz CT molecular complexity index is 887. The van der Waals surface area contributed by atoms with Crippen LogP contribution in [0.15, 0.2) is 60.2 Å². The molecule has 6 nitrogen and oxygen atoms in total. The predicted octanol–water partition coefficient (Wildman–Crippen LogP) is 2.89. The van der Waals surface area contributed by atoms with Crippen molar-refractivity contribution in [3.8, 4) is 5.75 Å². The van der Waals surface area contributed by atoms with Gasteiger partial charge in [-0.25, -0.2) is 0 Å². The highest BCUT2D eigenvalue weighted by Crippen LogP contribution is 2.39. The second kappa shape index (κ2) is 8.27. The first kappa shape index (κ1) is 19.6. The number of amides is 1. The minimum absolute atomic E-state index is 0.0148. The Kier molecular flexibility index (Phi) is 5.80. The summed E-state index contributed by atoms with van der Waals surface area (Å²) in [7, 11) is 0. The highest BCUT2D eigenvalue weighted by Gasteiger charge is 2.46. The molecule has 1 heterocycles. The summed E-state index contributed by atoms with van der Waals surface area (Å²) in [6.45, 7) is 3.93. The van der Waals surface area contributed by atoms with Crippen molar-refractivity contribution in [1.82, 2.24) is 4.90 Å². The van der Waals surface area contributed by atoms with Crippen LogP contribution in [0.25, 0.3) is 5.76 Å². The molecule has 1 aliphatic rings. The molecule has 2 unspecified atom stereocenters. The van der Waals surface area contributed by atoms with Crippen molar-refractivity contribution in [2.24, 2.45) is 0 Å². The number of Topliss-reactive ketones (excluding diaryl/α,β-unsaturated/α-hetero) is 1. The molecule has 2 aromatic rings. The number of carbonyl (C=O) groups excluding carboxylic acids is 2. The van der Waals surface area contributed by atoms with E-state index >= 15 is 0 Å². The van der Waals surface area contributed by atoms with Crippen LogP contribution in [0.2, 0.25) is 0 Å². The Morgan fingerprint density at radius 1 is 1.11 bits per heavy atom. The molecule has 6 heteroatoms. The average molecular weight is 381 g/mol. The second-order valence-corrected chi connectivity index (χ2v) is 6.67. The standard InChI is InChI=1S/C22H23NO5/c1-3-28-17-11-9-15(10-12-17)19-18(20(25)16-7-5-4-6-8-16)21(26)22(27)23(19)13-14(2)24/h4-12,14,19,24-25H,3,13H2,1-2H3/b20-18-. The number of likely N-dealkylation sites (tertiary alicyclic amines) is 1. The molecule has 2 N–H and O–H groups in total. The molecule has 2 aromatic carbocycles. The number of β-amino-alcohol motifs (C(OH)–C–C–N with tert-alkyl or cyclic N) is 1. The zero-order valence-electron chi connectivity index (χ0n) is 15.8. The van der Waals surface area contributed by atoms with Gasteiger partial charge in [-0.05, 0) is 31.5 Å². The van der Waals surface area contributed by atoms with Gasteiger partial charge in [-0.3, -0.25) is 9.59 Å². The fourth-order valence-corrected chi connectivity index (χ4v) is 3.36. The van der Waals surface area contributed by atoms with Gasteiger partial charge in [-0.15, -0.1) is 0 Å². The van der Waals surface area contributed by atoms with Crippen molar-refractivity contribution in [3.63, 3.8) is 0 Å². The van der Waals surface area contributed by atoms with Gasteiger partial charge in [0.2, 0.25) is 0 Å². The number of rotatable bonds is 6. The molecular formula is C22H23NO5. The number of benzene rings is 2. The molecule has 28 heavy (non-hydrogen) atoms. The average Bonchev–Trinajstić information content (AvgIpc) is 2.93. The molecule has 0 bridgehead atoms. The van der Waals surface area contributed by atoms with Gasteiger partial charge in [0.05, 0.1) is 24.3 Å². The number of hydrogen-bond acceptors (Lipinski definition) is 5. The molecule has 1 aliphatic heterocycles. The van der Waals surface area contributed by atoms with E-state index in [0.717, 1.165) is 0 Å². The number of ketones is 1. The van der Waals surface area contributed by atoms with E-state index in [-0.39, 0.29) is 17.9 Å². The quantitative estimate of drug-likeness (QED) is 0.456. The molecule has 1 fully saturated rings. The fraction of sp³-hybridized carbons (Fsp3) is 0.273. The van der Waals surface area contributed by atoms with Gasteiger partial charge in [0, 0.05) is 12.1 Å². The Labute approximate surface area is 163 Å². The Morgan fingerprint density at radius 2 is 1.75 bits per heavy atom. The van der Waals surface area contributed by atoms with Crippen LogP contribution in [0.3, 0.4) is 0 Å². The largest absolute Gasteiger partial charge is 0.507 e. The molecule has 1 saturated heterocycles. The first-order valence-corrected chi connectivity index (χ1v) is 9.18. The topological polar surface area (TPSA) is 87.1 Å². The highest BCUT2D eigenvalue weighted by atomic mass is 16.5. The predicted molar refractivity (Wildman–Crippen MR) is 105 cm³/mol. The van der Waals surface area contributed by atoms with E-state index in [1.807, 2.05) is 6.92 Å². The Morgan fingerprint density at radius 3 is 2.32 bits per heavy atom. The summed E-state index contributed by atoms with van der Waals surface area (Å²) in [6.07, 6.45) is -0.819. The number of carbonyl (C=O) groups is 2. The van der Waals surface area contributed by atoms with Crippen molar-refractivity contribution in [3.05, 3.63) is 71.3 Å². The lowest BCUT2D eigenvalue weighted by atomic mass is 9.95. The van der Waals surface area contributed by atoms with Crippen molar-refractivity contribution >= 4 is 17.4 Å². The van der Waals surface area contributed by atoms with Crippen LogP contribution >= 0.6 is 0 Å². The van der Waals surface area contributed by atoms with Gasteiger partial charge < -0.3 is 19.8 Å². The van der Waals surface area contributed by atoms with Gasteiger partial charge >= 0.3 is 0 Å². The molecule has 3 rings (SSSR count). The maximum Gasteiger partial charge on any atom is 0.295 e. The summed E-state index contributed by atoms with van der Waals surface area (Å²) in [4.78, 5) is 26.7. The van der Waals surface area contributed by atoms with Gasteiger partial charge in [-0.2, -0.15) is 0 Å². The molecule has 0 aliphatic carbocycles. The SMILES string of the molecule is CCOc1ccc(C2/C(=C(/O)c3ccccc3)C(=O)C(=O)N2CC(C)O)cc1. The zero-order valence-corrected chi connectivity index (χ0v) is 15.8. The first-order chi connectivity index (χ1) is 13.4. The molecule has 0 saturated carbocycles. The van der Waals surface area contributed by atoms with Crippen LogP contribution in [0, 0.1) is 0 Å². The van der Waals surface area contributed by atoms with Crippen LogP contribution in [-0.4, -0.2) is 46.1 Å². The van der Waals surface area contributed by atoms with Gasteiger partial charge in [0.25, 0.3) is 11.7 Å². The van der Waals surface area contributed by atoms with E-state index in [9.17, 15) is 19.8 Å². The number of ether oxygens (including phenoxy) is 1. The minimum atomic E-state index is -0.819. The fourth-order valence-electron chi connectivity index (χ4n) is 3.36. The molecule has 0 aromatic heterocycles. The molecule has 146 valence electrons. The summed E-state index contributed by atoms with van der Waals surface area (Å²) in [5, 5.41) is 20.7. The van der Waals surface area contributed by atoms with Crippen LogP contribution in [-0.2, 0) is 9.59 Å². The van der Waals surface area contributed by atoms with Crippen molar-refractivity contribution in [2.45, 2.75) is 26.0 Å². The van der Waals surface area contributed by atoms with Crippen LogP contribution < -0.4 is 4.74 Å². The van der Waals surface area contributed by atoms with E-state index in [0.29, 0.717) is 23.5 Å². The minimum Gasteiger partial charge on any atom is -0.507 e. The number of aliphatic hydroxyl groups is 2. The highest BCUT2D eigenvalue weighted by molar-refractivity contribution is 6.46. The molecular weight excluding hydrogens is 358 g/mol. The number of hydrogen-bond donors (Lipinski definition) is 2. The third-order valence-electron chi connectivity index (χ3n) is 4.55. The van der Waals surface area contributed by atoms with Crippen LogP contribution in [0.1, 0.15) is 31.0 Å². The first-order valence-electron chi connectivity index (χ1n) is 9.18. The Balaban J connectivity index is 2.12. The van der Waals surface area contributed by atoms with E-state index in [1.54, 1.807) is 61.5 Å². The number of aliphatic hydroxyl groups excluding tert-OH is 2. The maximum atomic E-state index is 12.7. The number of nitrogens with zero attached hydrogens (tertiary/aromatic N) is 1. The van der Waals surface area contributed by atoms with Crippen molar-refractivity contribution < 1.29 is 24.5 Å². The maximum absolute atomic E-state index is 12.7. The van der Waals surface area contributed by atoms with Crippen molar-refractivity contribution in [1.29, 1.82) is 0 Å². The third-order valence-corrected chi connectivity index (χ3v) is 4.55. The second-order valence-electron chi connectivity index (χ2n) is 6.67. The van der Waals surface area contributed by atoms with E-state index in [1.165, 1.54) is 4.90 Å². The molecule has 0 spiro atoms.